The van der Waals surface area contributed by atoms with Crippen molar-refractivity contribution in [1.29, 1.82) is 0 Å². The van der Waals surface area contributed by atoms with Crippen molar-refractivity contribution in [2.24, 2.45) is 0 Å². The molecule has 0 amide bonds. The SMILES string of the molecule is CCc1nnc(COc2ccc(Br)c(CNC3CC3)c2)o1. The average Bonchev–Trinajstić information content (AvgIpc) is 3.21. The van der Waals surface area contributed by atoms with Crippen LogP contribution in [0.1, 0.15) is 37.1 Å². The minimum absolute atomic E-state index is 0.296. The van der Waals surface area contributed by atoms with Gasteiger partial charge in [-0.25, -0.2) is 0 Å². The molecule has 112 valence electrons. The Bertz CT molecular complexity index is 611. The van der Waals surface area contributed by atoms with E-state index in [2.05, 4.69) is 31.4 Å². The van der Waals surface area contributed by atoms with Crippen LogP contribution in [0, 0.1) is 0 Å². The highest BCUT2D eigenvalue weighted by molar-refractivity contribution is 9.10. The van der Waals surface area contributed by atoms with Crippen LogP contribution < -0.4 is 10.1 Å². The van der Waals surface area contributed by atoms with E-state index >= 15 is 0 Å². The lowest BCUT2D eigenvalue weighted by Crippen LogP contribution is -2.15. The number of ether oxygens (including phenoxy) is 1. The van der Waals surface area contributed by atoms with Crippen LogP contribution >= 0.6 is 15.9 Å². The van der Waals surface area contributed by atoms with Crippen LogP contribution in [0.5, 0.6) is 5.75 Å². The van der Waals surface area contributed by atoms with Gasteiger partial charge in [0, 0.05) is 23.5 Å². The molecule has 1 saturated carbocycles. The monoisotopic (exact) mass is 351 g/mol. The lowest BCUT2D eigenvalue weighted by molar-refractivity contribution is 0.259. The van der Waals surface area contributed by atoms with Gasteiger partial charge in [0.05, 0.1) is 0 Å². The first kappa shape index (κ1) is 14.5. The minimum atomic E-state index is 0.296. The van der Waals surface area contributed by atoms with Crippen molar-refractivity contribution >= 4 is 15.9 Å². The van der Waals surface area contributed by atoms with E-state index in [0.29, 0.717) is 24.4 Å². The van der Waals surface area contributed by atoms with E-state index in [1.54, 1.807) is 0 Å². The molecule has 0 saturated heterocycles. The molecule has 0 bridgehead atoms. The Labute approximate surface area is 132 Å². The Morgan fingerprint density at radius 2 is 2.14 bits per heavy atom. The van der Waals surface area contributed by atoms with Gasteiger partial charge < -0.3 is 14.5 Å². The van der Waals surface area contributed by atoms with Crippen LogP contribution in [0.15, 0.2) is 27.1 Å². The zero-order valence-corrected chi connectivity index (χ0v) is 13.5. The predicted octanol–water partition coefficient (Wildman–Crippen LogP) is 3.23. The van der Waals surface area contributed by atoms with Gasteiger partial charge in [0.1, 0.15) is 5.75 Å². The standard InChI is InChI=1S/C15H18BrN3O2/c1-2-14-18-19-15(21-14)9-20-12-5-6-13(16)10(7-12)8-17-11-3-4-11/h5-7,11,17H,2-4,8-9H2,1H3. The molecule has 1 heterocycles. The zero-order chi connectivity index (χ0) is 14.7. The summed E-state index contributed by atoms with van der Waals surface area (Å²) in [6.07, 6.45) is 3.30. The van der Waals surface area contributed by atoms with E-state index in [-0.39, 0.29) is 0 Å². The third-order valence-corrected chi connectivity index (χ3v) is 4.12. The second-order valence-electron chi connectivity index (χ2n) is 5.14. The summed E-state index contributed by atoms with van der Waals surface area (Å²) < 4.78 is 12.2. The summed E-state index contributed by atoms with van der Waals surface area (Å²) in [7, 11) is 0. The molecule has 1 aliphatic rings. The number of aryl methyl sites for hydroxylation is 1. The molecule has 0 aliphatic heterocycles. The van der Waals surface area contributed by atoms with E-state index in [0.717, 1.165) is 23.2 Å². The summed E-state index contributed by atoms with van der Waals surface area (Å²) in [5.41, 5.74) is 1.19. The van der Waals surface area contributed by atoms with Gasteiger partial charge in [-0.2, -0.15) is 0 Å². The molecule has 6 heteroatoms. The minimum Gasteiger partial charge on any atom is -0.484 e. The van der Waals surface area contributed by atoms with Crippen molar-refractivity contribution in [2.45, 2.75) is 45.4 Å². The third kappa shape index (κ3) is 4.04. The fourth-order valence-corrected chi connectivity index (χ4v) is 2.34. The lowest BCUT2D eigenvalue weighted by Gasteiger charge is -2.09. The molecule has 1 aromatic heterocycles. The molecule has 21 heavy (non-hydrogen) atoms. The van der Waals surface area contributed by atoms with Crippen molar-refractivity contribution in [1.82, 2.24) is 15.5 Å². The molecular weight excluding hydrogens is 334 g/mol. The molecule has 5 nitrogen and oxygen atoms in total. The quantitative estimate of drug-likeness (QED) is 0.829. The highest BCUT2D eigenvalue weighted by Crippen LogP contribution is 2.25. The lowest BCUT2D eigenvalue weighted by atomic mass is 10.2. The van der Waals surface area contributed by atoms with E-state index < -0.39 is 0 Å². The van der Waals surface area contributed by atoms with Gasteiger partial charge in [-0.1, -0.05) is 22.9 Å². The van der Waals surface area contributed by atoms with Gasteiger partial charge in [-0.05, 0) is 36.6 Å². The van der Waals surface area contributed by atoms with Crippen LogP contribution in [0.2, 0.25) is 0 Å². The molecule has 0 unspecified atom stereocenters. The van der Waals surface area contributed by atoms with Gasteiger partial charge in [-0.15, -0.1) is 10.2 Å². The summed E-state index contributed by atoms with van der Waals surface area (Å²) in [6.45, 7) is 3.12. The average molecular weight is 352 g/mol. The van der Waals surface area contributed by atoms with Gasteiger partial charge in [0.25, 0.3) is 5.89 Å². The van der Waals surface area contributed by atoms with Crippen molar-refractivity contribution < 1.29 is 9.15 Å². The molecule has 0 atom stereocenters. The number of hydrogen-bond acceptors (Lipinski definition) is 5. The van der Waals surface area contributed by atoms with E-state index in [4.69, 9.17) is 9.15 Å². The molecule has 1 aliphatic carbocycles. The summed E-state index contributed by atoms with van der Waals surface area (Å²) in [5.74, 6) is 1.95. The van der Waals surface area contributed by atoms with Gasteiger partial charge in [-0.3, -0.25) is 0 Å². The molecule has 1 fully saturated rings. The number of nitrogens with one attached hydrogen (secondary N) is 1. The molecule has 2 aromatic rings. The molecule has 1 N–H and O–H groups in total. The Balaban J connectivity index is 1.60. The Morgan fingerprint density at radius 3 is 2.86 bits per heavy atom. The van der Waals surface area contributed by atoms with Crippen molar-refractivity contribution in [3.63, 3.8) is 0 Å². The fourth-order valence-electron chi connectivity index (χ4n) is 1.95. The first-order valence-corrected chi connectivity index (χ1v) is 7.99. The summed E-state index contributed by atoms with van der Waals surface area (Å²) >= 11 is 3.57. The number of nitrogens with zero attached hydrogens (tertiary/aromatic N) is 2. The van der Waals surface area contributed by atoms with Crippen LogP contribution in [0.4, 0.5) is 0 Å². The maximum Gasteiger partial charge on any atom is 0.253 e. The Morgan fingerprint density at radius 1 is 1.33 bits per heavy atom. The number of aromatic nitrogens is 2. The topological polar surface area (TPSA) is 60.2 Å². The number of benzene rings is 1. The van der Waals surface area contributed by atoms with Gasteiger partial charge >= 0.3 is 0 Å². The van der Waals surface area contributed by atoms with E-state index in [1.807, 2.05) is 25.1 Å². The molecule has 3 rings (SSSR count). The molecule has 0 radical (unpaired) electrons. The third-order valence-electron chi connectivity index (χ3n) is 3.35. The van der Waals surface area contributed by atoms with Crippen LogP contribution in [-0.2, 0) is 19.6 Å². The summed E-state index contributed by atoms with van der Waals surface area (Å²) in [6, 6.07) is 6.66. The highest BCUT2D eigenvalue weighted by Gasteiger charge is 2.20. The smallest absolute Gasteiger partial charge is 0.253 e. The predicted molar refractivity (Wildman–Crippen MR) is 82.0 cm³/mol. The van der Waals surface area contributed by atoms with Gasteiger partial charge in [0.15, 0.2) is 6.61 Å². The molecular formula is C15H18BrN3O2. The second kappa shape index (κ2) is 6.58. The number of hydrogen-bond donors (Lipinski definition) is 1. The first-order chi connectivity index (χ1) is 10.2. The van der Waals surface area contributed by atoms with Crippen molar-refractivity contribution in [2.75, 3.05) is 0 Å². The van der Waals surface area contributed by atoms with Crippen LogP contribution in [0.25, 0.3) is 0 Å². The fraction of sp³-hybridized carbons (Fsp3) is 0.467. The first-order valence-electron chi connectivity index (χ1n) is 7.20. The van der Waals surface area contributed by atoms with E-state index in [9.17, 15) is 0 Å². The van der Waals surface area contributed by atoms with Gasteiger partial charge in [0.2, 0.25) is 5.89 Å². The zero-order valence-electron chi connectivity index (χ0n) is 11.9. The maximum atomic E-state index is 5.72. The Kier molecular flexibility index (Phi) is 4.55. The summed E-state index contributed by atoms with van der Waals surface area (Å²) in [4.78, 5) is 0. The van der Waals surface area contributed by atoms with Crippen LogP contribution in [-0.4, -0.2) is 16.2 Å². The van der Waals surface area contributed by atoms with E-state index in [1.165, 1.54) is 18.4 Å². The largest absolute Gasteiger partial charge is 0.484 e. The van der Waals surface area contributed by atoms with Crippen molar-refractivity contribution in [3.05, 3.63) is 40.0 Å². The number of halogens is 1. The van der Waals surface area contributed by atoms with Crippen molar-refractivity contribution in [3.8, 4) is 5.75 Å². The normalized spacial score (nSPS) is 14.4. The number of rotatable bonds is 7. The van der Waals surface area contributed by atoms with Crippen LogP contribution in [0.3, 0.4) is 0 Å². The Hall–Kier alpha value is -1.40. The summed E-state index contributed by atoms with van der Waals surface area (Å²) in [5, 5.41) is 11.4. The maximum absolute atomic E-state index is 5.72. The highest BCUT2D eigenvalue weighted by atomic mass is 79.9. The second-order valence-corrected chi connectivity index (χ2v) is 5.99. The molecule has 0 spiro atoms. The molecule has 1 aromatic carbocycles.